The first-order valence-electron chi connectivity index (χ1n) is 7.27. The van der Waals surface area contributed by atoms with E-state index in [9.17, 15) is 0 Å². The second kappa shape index (κ2) is 7.88. The van der Waals surface area contributed by atoms with Crippen molar-refractivity contribution in [1.82, 2.24) is 5.32 Å². The van der Waals surface area contributed by atoms with E-state index in [4.69, 9.17) is 16.3 Å². The Bertz CT molecular complexity index is 360. The third-order valence-corrected chi connectivity index (χ3v) is 4.19. The topological polar surface area (TPSA) is 21.3 Å². The molecule has 1 aromatic carbocycles. The van der Waals surface area contributed by atoms with Gasteiger partial charge in [0.1, 0.15) is 0 Å². The number of benzene rings is 1. The fourth-order valence-corrected chi connectivity index (χ4v) is 2.77. The molecule has 2 nitrogen and oxygen atoms in total. The van der Waals surface area contributed by atoms with E-state index < -0.39 is 0 Å². The van der Waals surface area contributed by atoms with E-state index in [0.29, 0.717) is 6.04 Å². The first-order chi connectivity index (χ1) is 9.29. The van der Waals surface area contributed by atoms with Gasteiger partial charge in [-0.1, -0.05) is 23.7 Å². The second-order valence-corrected chi connectivity index (χ2v) is 5.86. The van der Waals surface area contributed by atoms with Gasteiger partial charge >= 0.3 is 0 Å². The third-order valence-electron chi connectivity index (χ3n) is 3.94. The van der Waals surface area contributed by atoms with Crippen molar-refractivity contribution in [3.63, 3.8) is 0 Å². The van der Waals surface area contributed by atoms with Crippen molar-refractivity contribution >= 4 is 11.6 Å². The molecule has 0 saturated heterocycles. The van der Waals surface area contributed by atoms with Crippen LogP contribution < -0.4 is 5.32 Å². The maximum Gasteiger partial charge on any atom is 0.0462 e. The Morgan fingerprint density at radius 3 is 2.58 bits per heavy atom. The van der Waals surface area contributed by atoms with Crippen LogP contribution in [-0.2, 0) is 4.74 Å². The Kier molecular flexibility index (Phi) is 6.15. The molecule has 1 aliphatic carbocycles. The fraction of sp³-hybridized carbons (Fsp3) is 0.625. The summed E-state index contributed by atoms with van der Waals surface area (Å²) in [5.41, 5.74) is 1.43. The molecular weight excluding hydrogens is 258 g/mol. The van der Waals surface area contributed by atoms with Crippen molar-refractivity contribution in [3.8, 4) is 0 Å². The number of rotatable bonds is 8. The Labute approximate surface area is 121 Å². The van der Waals surface area contributed by atoms with Crippen LogP contribution in [0.15, 0.2) is 24.3 Å². The summed E-state index contributed by atoms with van der Waals surface area (Å²) in [6.07, 6.45) is 6.22. The predicted molar refractivity (Wildman–Crippen MR) is 80.9 cm³/mol. The van der Waals surface area contributed by atoms with Crippen molar-refractivity contribution in [1.29, 1.82) is 0 Å². The van der Waals surface area contributed by atoms with Gasteiger partial charge in [-0.05, 0) is 62.3 Å². The molecule has 1 N–H and O–H groups in total. The van der Waals surface area contributed by atoms with Crippen LogP contribution >= 0.6 is 11.6 Å². The molecule has 3 heteroatoms. The van der Waals surface area contributed by atoms with Gasteiger partial charge in [-0.3, -0.25) is 0 Å². The van der Waals surface area contributed by atoms with Crippen LogP contribution in [0.4, 0.5) is 0 Å². The Balaban J connectivity index is 1.55. The minimum absolute atomic E-state index is 0.711. The molecular formula is C16H24ClNO. The molecule has 1 aromatic rings. The zero-order valence-corrected chi connectivity index (χ0v) is 12.5. The summed E-state index contributed by atoms with van der Waals surface area (Å²) in [6.45, 7) is 2.03. The van der Waals surface area contributed by atoms with Gasteiger partial charge in [0.05, 0.1) is 0 Å². The third kappa shape index (κ3) is 4.79. The molecule has 0 atom stereocenters. The molecule has 0 spiro atoms. The summed E-state index contributed by atoms with van der Waals surface area (Å²) in [5, 5.41) is 4.47. The van der Waals surface area contributed by atoms with Crippen molar-refractivity contribution in [2.75, 3.05) is 20.3 Å². The number of ether oxygens (including phenoxy) is 1. The van der Waals surface area contributed by atoms with E-state index in [2.05, 4.69) is 17.4 Å². The van der Waals surface area contributed by atoms with Gasteiger partial charge in [0, 0.05) is 24.8 Å². The number of unbranched alkanes of at least 4 members (excludes halogenated alkanes) is 2. The predicted octanol–water partition coefficient (Wildman–Crippen LogP) is 3.99. The van der Waals surface area contributed by atoms with Gasteiger partial charge in [0.2, 0.25) is 0 Å². The average molecular weight is 282 g/mol. The van der Waals surface area contributed by atoms with Gasteiger partial charge in [0.15, 0.2) is 0 Å². The Morgan fingerprint density at radius 1 is 1.16 bits per heavy atom. The molecule has 0 bridgehead atoms. The highest BCUT2D eigenvalue weighted by molar-refractivity contribution is 6.30. The van der Waals surface area contributed by atoms with Crippen LogP contribution in [0.1, 0.15) is 43.6 Å². The zero-order chi connectivity index (χ0) is 13.5. The van der Waals surface area contributed by atoms with Crippen molar-refractivity contribution in [2.45, 2.75) is 44.1 Å². The van der Waals surface area contributed by atoms with E-state index in [0.717, 1.165) is 24.1 Å². The molecule has 0 aliphatic heterocycles. The van der Waals surface area contributed by atoms with Crippen molar-refractivity contribution in [2.24, 2.45) is 0 Å². The maximum absolute atomic E-state index is 5.91. The SMILES string of the molecule is COCCCCCNC1CC(c2ccc(Cl)cc2)C1. The van der Waals surface area contributed by atoms with Gasteiger partial charge < -0.3 is 10.1 Å². The molecule has 0 heterocycles. The van der Waals surface area contributed by atoms with E-state index in [1.165, 1.54) is 37.7 Å². The first kappa shape index (κ1) is 14.8. The standard InChI is InChI=1S/C16H24ClNO/c1-19-10-4-2-3-9-18-16-11-14(12-16)13-5-7-15(17)8-6-13/h5-8,14,16,18H,2-4,9-12H2,1H3. The van der Waals surface area contributed by atoms with E-state index in [1.54, 1.807) is 7.11 Å². The normalized spacial score (nSPS) is 22.2. The van der Waals surface area contributed by atoms with Gasteiger partial charge in [0.25, 0.3) is 0 Å². The highest BCUT2D eigenvalue weighted by Gasteiger charge is 2.29. The summed E-state index contributed by atoms with van der Waals surface area (Å²) < 4.78 is 5.04. The molecule has 106 valence electrons. The Morgan fingerprint density at radius 2 is 1.89 bits per heavy atom. The van der Waals surface area contributed by atoms with Crippen LogP contribution in [0, 0.1) is 0 Å². The quantitative estimate of drug-likeness (QED) is 0.728. The molecule has 0 amide bonds. The second-order valence-electron chi connectivity index (χ2n) is 5.42. The number of hydrogen-bond acceptors (Lipinski definition) is 2. The number of hydrogen-bond donors (Lipinski definition) is 1. The summed E-state index contributed by atoms with van der Waals surface area (Å²) in [6, 6.07) is 9.02. The molecule has 0 unspecified atom stereocenters. The van der Waals surface area contributed by atoms with Crippen LogP contribution in [0.5, 0.6) is 0 Å². The molecule has 1 aliphatic rings. The highest BCUT2D eigenvalue weighted by Crippen LogP contribution is 2.37. The fourth-order valence-electron chi connectivity index (χ4n) is 2.65. The summed E-state index contributed by atoms with van der Waals surface area (Å²) in [7, 11) is 1.77. The molecule has 2 rings (SSSR count). The number of nitrogens with one attached hydrogen (secondary N) is 1. The Hall–Kier alpha value is -0.570. The van der Waals surface area contributed by atoms with Crippen molar-refractivity contribution < 1.29 is 4.74 Å². The van der Waals surface area contributed by atoms with Crippen LogP contribution in [0.2, 0.25) is 5.02 Å². The maximum atomic E-state index is 5.91. The molecule has 1 fully saturated rings. The van der Waals surface area contributed by atoms with Crippen LogP contribution in [0.25, 0.3) is 0 Å². The lowest BCUT2D eigenvalue weighted by atomic mass is 9.76. The summed E-state index contributed by atoms with van der Waals surface area (Å²) in [5.74, 6) is 0.725. The lowest BCUT2D eigenvalue weighted by Gasteiger charge is -2.36. The molecule has 0 radical (unpaired) electrons. The zero-order valence-electron chi connectivity index (χ0n) is 11.7. The first-order valence-corrected chi connectivity index (χ1v) is 7.65. The lowest BCUT2D eigenvalue weighted by molar-refractivity contribution is 0.191. The summed E-state index contributed by atoms with van der Waals surface area (Å²) >= 11 is 5.91. The minimum Gasteiger partial charge on any atom is -0.385 e. The monoisotopic (exact) mass is 281 g/mol. The van der Waals surface area contributed by atoms with Gasteiger partial charge in [-0.2, -0.15) is 0 Å². The lowest BCUT2D eigenvalue weighted by Crippen LogP contribution is -2.40. The van der Waals surface area contributed by atoms with Crippen LogP contribution in [-0.4, -0.2) is 26.3 Å². The number of methoxy groups -OCH3 is 1. The van der Waals surface area contributed by atoms with E-state index in [-0.39, 0.29) is 0 Å². The van der Waals surface area contributed by atoms with Crippen molar-refractivity contribution in [3.05, 3.63) is 34.9 Å². The number of halogens is 1. The van der Waals surface area contributed by atoms with E-state index in [1.807, 2.05) is 12.1 Å². The van der Waals surface area contributed by atoms with Crippen LogP contribution in [0.3, 0.4) is 0 Å². The highest BCUT2D eigenvalue weighted by atomic mass is 35.5. The van der Waals surface area contributed by atoms with Gasteiger partial charge in [-0.25, -0.2) is 0 Å². The van der Waals surface area contributed by atoms with E-state index >= 15 is 0 Å². The molecule has 19 heavy (non-hydrogen) atoms. The molecule has 1 saturated carbocycles. The summed E-state index contributed by atoms with van der Waals surface area (Å²) in [4.78, 5) is 0. The minimum atomic E-state index is 0.711. The average Bonchev–Trinajstić information content (AvgIpc) is 2.37. The molecule has 0 aromatic heterocycles. The largest absolute Gasteiger partial charge is 0.385 e. The smallest absolute Gasteiger partial charge is 0.0462 e. The van der Waals surface area contributed by atoms with Gasteiger partial charge in [-0.15, -0.1) is 0 Å².